The van der Waals surface area contributed by atoms with E-state index in [0.29, 0.717) is 6.04 Å². The standard InChI is InChI=1S/C7H15N5/c1-4-12-7(9-10-11-12)5-8-6(2)3/h6,8H,4-5H2,1-3H3. The lowest BCUT2D eigenvalue weighted by atomic mass is 10.4. The van der Waals surface area contributed by atoms with E-state index in [1.165, 1.54) is 0 Å². The van der Waals surface area contributed by atoms with E-state index in [1.54, 1.807) is 4.68 Å². The van der Waals surface area contributed by atoms with Gasteiger partial charge in [-0.15, -0.1) is 5.10 Å². The van der Waals surface area contributed by atoms with Gasteiger partial charge >= 0.3 is 0 Å². The molecule has 68 valence electrons. The molecule has 1 aromatic heterocycles. The summed E-state index contributed by atoms with van der Waals surface area (Å²) in [5.41, 5.74) is 0. The molecule has 12 heavy (non-hydrogen) atoms. The van der Waals surface area contributed by atoms with Gasteiger partial charge in [0, 0.05) is 12.6 Å². The summed E-state index contributed by atoms with van der Waals surface area (Å²) >= 11 is 0. The Morgan fingerprint density at radius 2 is 2.25 bits per heavy atom. The van der Waals surface area contributed by atoms with E-state index >= 15 is 0 Å². The Morgan fingerprint density at radius 3 is 2.83 bits per heavy atom. The lowest BCUT2D eigenvalue weighted by Gasteiger charge is -2.06. The molecule has 0 aliphatic rings. The van der Waals surface area contributed by atoms with Gasteiger partial charge < -0.3 is 5.32 Å². The summed E-state index contributed by atoms with van der Waals surface area (Å²) in [6, 6.07) is 0.465. The number of nitrogens with zero attached hydrogens (tertiary/aromatic N) is 4. The van der Waals surface area contributed by atoms with Crippen molar-refractivity contribution in [2.24, 2.45) is 0 Å². The van der Waals surface area contributed by atoms with E-state index in [2.05, 4.69) is 34.7 Å². The van der Waals surface area contributed by atoms with Gasteiger partial charge in [0.15, 0.2) is 5.82 Å². The van der Waals surface area contributed by atoms with E-state index < -0.39 is 0 Å². The van der Waals surface area contributed by atoms with Gasteiger partial charge in [0.05, 0.1) is 6.54 Å². The maximum absolute atomic E-state index is 3.90. The molecule has 0 aliphatic carbocycles. The third-order valence-electron chi connectivity index (χ3n) is 1.57. The zero-order valence-corrected chi connectivity index (χ0v) is 7.78. The lowest BCUT2D eigenvalue weighted by Crippen LogP contribution is -2.24. The first-order chi connectivity index (χ1) is 5.74. The average Bonchev–Trinajstić information content (AvgIpc) is 2.47. The number of nitrogens with one attached hydrogen (secondary N) is 1. The highest BCUT2D eigenvalue weighted by Crippen LogP contribution is 1.91. The fraction of sp³-hybridized carbons (Fsp3) is 0.857. The summed E-state index contributed by atoms with van der Waals surface area (Å²) in [5.74, 6) is 0.895. The van der Waals surface area contributed by atoms with Gasteiger partial charge in [0.1, 0.15) is 0 Å². The number of rotatable bonds is 4. The molecule has 0 saturated carbocycles. The Hall–Kier alpha value is -0.970. The second kappa shape index (κ2) is 4.15. The summed E-state index contributed by atoms with van der Waals surface area (Å²) in [4.78, 5) is 0. The molecular formula is C7H15N5. The molecule has 0 unspecified atom stereocenters. The quantitative estimate of drug-likeness (QED) is 0.699. The minimum Gasteiger partial charge on any atom is -0.308 e. The summed E-state index contributed by atoms with van der Waals surface area (Å²) < 4.78 is 1.79. The molecule has 1 aromatic rings. The first kappa shape index (κ1) is 9.12. The maximum atomic E-state index is 3.90. The molecule has 0 aromatic carbocycles. The Morgan fingerprint density at radius 1 is 1.50 bits per heavy atom. The van der Waals surface area contributed by atoms with Crippen molar-refractivity contribution in [3.05, 3.63) is 5.82 Å². The van der Waals surface area contributed by atoms with Crippen molar-refractivity contribution in [1.29, 1.82) is 0 Å². The van der Waals surface area contributed by atoms with Crippen LogP contribution in [0.4, 0.5) is 0 Å². The smallest absolute Gasteiger partial charge is 0.165 e. The minimum absolute atomic E-state index is 0.465. The van der Waals surface area contributed by atoms with Crippen LogP contribution < -0.4 is 5.32 Å². The molecule has 0 aliphatic heterocycles. The van der Waals surface area contributed by atoms with Crippen LogP contribution in [0, 0.1) is 0 Å². The molecule has 0 amide bonds. The van der Waals surface area contributed by atoms with Crippen molar-refractivity contribution in [2.45, 2.75) is 39.9 Å². The molecule has 5 nitrogen and oxygen atoms in total. The number of hydrogen-bond donors (Lipinski definition) is 1. The van der Waals surface area contributed by atoms with Gasteiger partial charge in [-0.05, 0) is 17.4 Å². The van der Waals surface area contributed by atoms with Crippen molar-refractivity contribution < 1.29 is 0 Å². The average molecular weight is 169 g/mol. The molecule has 1 heterocycles. The highest BCUT2D eigenvalue weighted by atomic mass is 15.5. The van der Waals surface area contributed by atoms with Gasteiger partial charge in [-0.3, -0.25) is 0 Å². The molecule has 1 N–H and O–H groups in total. The molecule has 0 saturated heterocycles. The number of hydrogen-bond acceptors (Lipinski definition) is 4. The number of aryl methyl sites for hydroxylation is 1. The van der Waals surface area contributed by atoms with Crippen LogP contribution in [0.2, 0.25) is 0 Å². The van der Waals surface area contributed by atoms with E-state index in [1.807, 2.05) is 6.92 Å². The van der Waals surface area contributed by atoms with Crippen molar-refractivity contribution in [3.63, 3.8) is 0 Å². The first-order valence-corrected chi connectivity index (χ1v) is 4.22. The molecule has 0 radical (unpaired) electrons. The third-order valence-corrected chi connectivity index (χ3v) is 1.57. The molecule has 0 fully saturated rings. The van der Waals surface area contributed by atoms with Gasteiger partial charge in [-0.25, -0.2) is 4.68 Å². The maximum Gasteiger partial charge on any atom is 0.165 e. The Bertz CT molecular complexity index is 229. The summed E-state index contributed by atoms with van der Waals surface area (Å²) in [6.45, 7) is 7.77. The largest absolute Gasteiger partial charge is 0.308 e. The summed E-state index contributed by atoms with van der Waals surface area (Å²) in [6.07, 6.45) is 0. The SMILES string of the molecule is CCn1nnnc1CNC(C)C. The van der Waals surface area contributed by atoms with Crippen LogP contribution in [0.3, 0.4) is 0 Å². The zero-order chi connectivity index (χ0) is 8.97. The number of aromatic nitrogens is 4. The predicted octanol–water partition coefficient (Wildman–Crippen LogP) is 0.191. The van der Waals surface area contributed by atoms with Gasteiger partial charge in [-0.2, -0.15) is 0 Å². The highest BCUT2D eigenvalue weighted by molar-refractivity contribution is 4.79. The molecule has 1 rings (SSSR count). The zero-order valence-electron chi connectivity index (χ0n) is 7.78. The first-order valence-electron chi connectivity index (χ1n) is 4.22. The fourth-order valence-electron chi connectivity index (χ4n) is 0.891. The van der Waals surface area contributed by atoms with Crippen LogP contribution in [-0.4, -0.2) is 26.2 Å². The minimum atomic E-state index is 0.465. The van der Waals surface area contributed by atoms with Gasteiger partial charge in [0.25, 0.3) is 0 Å². The normalized spacial score (nSPS) is 11.0. The van der Waals surface area contributed by atoms with E-state index in [0.717, 1.165) is 18.9 Å². The Labute approximate surface area is 72.2 Å². The molecule has 5 heteroatoms. The molecule has 0 spiro atoms. The Balaban J connectivity index is 2.50. The van der Waals surface area contributed by atoms with Crippen molar-refractivity contribution in [2.75, 3.05) is 0 Å². The van der Waals surface area contributed by atoms with Crippen LogP contribution in [0.5, 0.6) is 0 Å². The van der Waals surface area contributed by atoms with Crippen LogP contribution >= 0.6 is 0 Å². The van der Waals surface area contributed by atoms with Crippen LogP contribution in [-0.2, 0) is 13.1 Å². The van der Waals surface area contributed by atoms with E-state index in [9.17, 15) is 0 Å². The summed E-state index contributed by atoms with van der Waals surface area (Å²) in [5, 5.41) is 14.6. The summed E-state index contributed by atoms with van der Waals surface area (Å²) in [7, 11) is 0. The van der Waals surface area contributed by atoms with Crippen LogP contribution in [0.25, 0.3) is 0 Å². The second-order valence-corrected chi connectivity index (χ2v) is 2.95. The van der Waals surface area contributed by atoms with Crippen LogP contribution in [0.1, 0.15) is 26.6 Å². The second-order valence-electron chi connectivity index (χ2n) is 2.95. The van der Waals surface area contributed by atoms with Crippen molar-refractivity contribution in [3.8, 4) is 0 Å². The van der Waals surface area contributed by atoms with Crippen molar-refractivity contribution >= 4 is 0 Å². The Kier molecular flexibility index (Phi) is 3.16. The van der Waals surface area contributed by atoms with Crippen molar-refractivity contribution in [1.82, 2.24) is 25.5 Å². The van der Waals surface area contributed by atoms with Crippen LogP contribution in [0.15, 0.2) is 0 Å². The monoisotopic (exact) mass is 169 g/mol. The number of tetrazole rings is 1. The van der Waals surface area contributed by atoms with E-state index in [4.69, 9.17) is 0 Å². The fourth-order valence-corrected chi connectivity index (χ4v) is 0.891. The lowest BCUT2D eigenvalue weighted by molar-refractivity contribution is 0.530. The predicted molar refractivity (Wildman–Crippen MR) is 45.5 cm³/mol. The third kappa shape index (κ3) is 2.27. The van der Waals surface area contributed by atoms with E-state index in [-0.39, 0.29) is 0 Å². The topological polar surface area (TPSA) is 55.6 Å². The highest BCUT2D eigenvalue weighted by Gasteiger charge is 2.03. The molecule has 0 bridgehead atoms. The van der Waals surface area contributed by atoms with Gasteiger partial charge in [0.2, 0.25) is 0 Å². The molecule has 0 atom stereocenters. The van der Waals surface area contributed by atoms with Gasteiger partial charge in [-0.1, -0.05) is 13.8 Å². The molecular weight excluding hydrogens is 154 g/mol.